The Morgan fingerprint density at radius 1 is 1.65 bits per heavy atom. The summed E-state index contributed by atoms with van der Waals surface area (Å²) in [6.07, 6.45) is 1.60. The molecule has 0 saturated heterocycles. The summed E-state index contributed by atoms with van der Waals surface area (Å²) in [4.78, 5) is 21.5. The zero-order chi connectivity index (χ0) is 12.8. The molecule has 6 nitrogen and oxygen atoms in total. The Hall–Kier alpha value is -1.37. The number of amides is 1. The van der Waals surface area contributed by atoms with E-state index in [0.717, 1.165) is 0 Å². The molecule has 0 aromatic carbocycles. The van der Waals surface area contributed by atoms with Crippen molar-refractivity contribution < 1.29 is 9.53 Å². The van der Waals surface area contributed by atoms with Crippen LogP contribution in [0.3, 0.4) is 0 Å². The van der Waals surface area contributed by atoms with Gasteiger partial charge in [-0.15, -0.1) is 0 Å². The van der Waals surface area contributed by atoms with Gasteiger partial charge >= 0.3 is 0 Å². The zero-order valence-electron chi connectivity index (χ0n) is 10.0. The van der Waals surface area contributed by atoms with E-state index < -0.39 is 0 Å². The molecule has 0 spiro atoms. The van der Waals surface area contributed by atoms with E-state index in [1.165, 1.54) is 7.11 Å². The minimum atomic E-state index is -0.0858. The topological polar surface area (TPSA) is 67.4 Å². The van der Waals surface area contributed by atoms with E-state index in [9.17, 15) is 4.79 Å². The molecule has 0 bridgehead atoms. The van der Waals surface area contributed by atoms with Crippen LogP contribution in [0.1, 0.15) is 6.92 Å². The summed E-state index contributed by atoms with van der Waals surface area (Å²) < 4.78 is 5.77. The maximum absolute atomic E-state index is 11.3. The molecule has 0 unspecified atom stereocenters. The predicted molar refractivity (Wildman–Crippen MR) is 68.2 cm³/mol. The third kappa shape index (κ3) is 3.55. The van der Waals surface area contributed by atoms with Gasteiger partial charge in [0.05, 0.1) is 24.3 Å². The Kier molecular flexibility index (Phi) is 5.14. The largest absolute Gasteiger partial charge is 0.480 e. The van der Waals surface area contributed by atoms with E-state index >= 15 is 0 Å². The first kappa shape index (κ1) is 13.7. The SMILES string of the molecule is CCN(CC(=O)NC)c1ncc(Br)c(OC)n1. The van der Waals surface area contributed by atoms with Crippen molar-refractivity contribution in [3.05, 3.63) is 10.7 Å². The van der Waals surface area contributed by atoms with Crippen molar-refractivity contribution >= 4 is 27.8 Å². The van der Waals surface area contributed by atoms with Crippen LogP contribution in [0.15, 0.2) is 10.7 Å². The minimum absolute atomic E-state index is 0.0858. The van der Waals surface area contributed by atoms with Gasteiger partial charge < -0.3 is 15.0 Å². The van der Waals surface area contributed by atoms with E-state index in [1.807, 2.05) is 6.92 Å². The highest BCUT2D eigenvalue weighted by Gasteiger charge is 2.13. The molecular weight excluding hydrogens is 288 g/mol. The lowest BCUT2D eigenvalue weighted by atomic mass is 10.5. The molecule has 1 rings (SSSR count). The number of likely N-dealkylation sites (N-methyl/N-ethyl adjacent to an activating group) is 2. The second-order valence-electron chi connectivity index (χ2n) is 3.21. The van der Waals surface area contributed by atoms with Crippen molar-refractivity contribution in [3.8, 4) is 5.88 Å². The standard InChI is InChI=1S/C10H15BrN4O2/c1-4-15(6-8(16)12-2)10-13-5-7(11)9(14-10)17-3/h5H,4,6H2,1-3H3,(H,12,16). The lowest BCUT2D eigenvalue weighted by Gasteiger charge is -2.20. The Balaban J connectivity index is 2.91. The molecule has 0 aliphatic rings. The fraction of sp³-hybridized carbons (Fsp3) is 0.500. The van der Waals surface area contributed by atoms with Gasteiger partial charge in [0.25, 0.3) is 0 Å². The first-order chi connectivity index (χ1) is 8.12. The maximum Gasteiger partial charge on any atom is 0.239 e. The molecule has 1 aromatic rings. The molecule has 94 valence electrons. The van der Waals surface area contributed by atoms with Crippen molar-refractivity contribution in [1.29, 1.82) is 0 Å². The smallest absolute Gasteiger partial charge is 0.239 e. The van der Waals surface area contributed by atoms with Gasteiger partial charge in [0.1, 0.15) is 0 Å². The Morgan fingerprint density at radius 3 is 2.88 bits per heavy atom. The van der Waals surface area contributed by atoms with E-state index in [0.29, 0.717) is 22.8 Å². The summed E-state index contributed by atoms with van der Waals surface area (Å²) in [6, 6.07) is 0. The molecule has 0 saturated carbocycles. The lowest BCUT2D eigenvalue weighted by Crippen LogP contribution is -2.36. The number of halogens is 1. The third-order valence-electron chi connectivity index (χ3n) is 2.17. The van der Waals surface area contributed by atoms with Gasteiger partial charge in [-0.2, -0.15) is 4.98 Å². The number of carbonyl (C=O) groups excluding carboxylic acids is 1. The number of nitrogens with one attached hydrogen (secondary N) is 1. The number of ether oxygens (including phenoxy) is 1. The number of rotatable bonds is 5. The van der Waals surface area contributed by atoms with Gasteiger partial charge in [0.15, 0.2) is 0 Å². The highest BCUT2D eigenvalue weighted by molar-refractivity contribution is 9.10. The number of aromatic nitrogens is 2. The van der Waals surface area contributed by atoms with Gasteiger partial charge in [0, 0.05) is 13.6 Å². The van der Waals surface area contributed by atoms with Crippen LogP contribution >= 0.6 is 15.9 Å². The number of methoxy groups -OCH3 is 1. The van der Waals surface area contributed by atoms with Crippen LogP contribution in [-0.2, 0) is 4.79 Å². The van der Waals surface area contributed by atoms with E-state index in [4.69, 9.17) is 4.74 Å². The normalized spacial score (nSPS) is 9.88. The average molecular weight is 303 g/mol. The fourth-order valence-corrected chi connectivity index (χ4v) is 1.57. The van der Waals surface area contributed by atoms with Crippen LogP contribution < -0.4 is 15.0 Å². The molecule has 0 aliphatic carbocycles. The molecule has 0 fully saturated rings. The molecule has 1 heterocycles. The lowest BCUT2D eigenvalue weighted by molar-refractivity contribution is -0.119. The van der Waals surface area contributed by atoms with Gasteiger partial charge in [-0.25, -0.2) is 4.98 Å². The third-order valence-corrected chi connectivity index (χ3v) is 2.71. The summed E-state index contributed by atoms with van der Waals surface area (Å²) in [6.45, 7) is 2.79. The highest BCUT2D eigenvalue weighted by atomic mass is 79.9. The molecule has 17 heavy (non-hydrogen) atoms. The molecule has 1 aromatic heterocycles. The molecule has 1 N–H and O–H groups in total. The molecule has 7 heteroatoms. The van der Waals surface area contributed by atoms with E-state index in [2.05, 4.69) is 31.2 Å². The summed E-state index contributed by atoms with van der Waals surface area (Å²) in [5.41, 5.74) is 0. The number of hydrogen-bond acceptors (Lipinski definition) is 5. The monoisotopic (exact) mass is 302 g/mol. The van der Waals surface area contributed by atoms with Crippen molar-refractivity contribution in [2.24, 2.45) is 0 Å². The van der Waals surface area contributed by atoms with Crippen LogP contribution in [-0.4, -0.2) is 43.1 Å². The summed E-state index contributed by atoms with van der Waals surface area (Å²) in [7, 11) is 3.13. The summed E-state index contributed by atoms with van der Waals surface area (Å²) >= 11 is 3.28. The minimum Gasteiger partial charge on any atom is -0.480 e. The van der Waals surface area contributed by atoms with Crippen molar-refractivity contribution in [1.82, 2.24) is 15.3 Å². The van der Waals surface area contributed by atoms with Gasteiger partial charge in [0.2, 0.25) is 17.7 Å². The van der Waals surface area contributed by atoms with Gasteiger partial charge in [-0.05, 0) is 22.9 Å². The number of hydrogen-bond donors (Lipinski definition) is 1. The molecule has 1 amide bonds. The maximum atomic E-state index is 11.3. The van der Waals surface area contributed by atoms with Crippen LogP contribution in [0.2, 0.25) is 0 Å². The fourth-order valence-electron chi connectivity index (χ4n) is 1.21. The van der Waals surface area contributed by atoms with Crippen molar-refractivity contribution in [3.63, 3.8) is 0 Å². The Labute approximate surface area is 109 Å². The molecule has 0 atom stereocenters. The van der Waals surface area contributed by atoms with E-state index in [1.54, 1.807) is 18.1 Å². The van der Waals surface area contributed by atoms with Gasteiger partial charge in [-0.1, -0.05) is 0 Å². The number of nitrogens with zero attached hydrogens (tertiary/aromatic N) is 3. The van der Waals surface area contributed by atoms with Crippen LogP contribution in [0.25, 0.3) is 0 Å². The average Bonchev–Trinajstić information content (AvgIpc) is 2.36. The van der Waals surface area contributed by atoms with Crippen LogP contribution in [0.5, 0.6) is 5.88 Å². The van der Waals surface area contributed by atoms with Gasteiger partial charge in [-0.3, -0.25) is 4.79 Å². The van der Waals surface area contributed by atoms with Crippen molar-refractivity contribution in [2.75, 3.05) is 32.1 Å². The summed E-state index contributed by atoms with van der Waals surface area (Å²) in [5, 5.41) is 2.56. The zero-order valence-corrected chi connectivity index (χ0v) is 11.6. The highest BCUT2D eigenvalue weighted by Crippen LogP contribution is 2.23. The van der Waals surface area contributed by atoms with E-state index in [-0.39, 0.29) is 12.5 Å². The second-order valence-corrected chi connectivity index (χ2v) is 4.07. The Bertz CT molecular complexity index is 400. The quantitative estimate of drug-likeness (QED) is 0.872. The molecular formula is C10H15BrN4O2. The second kappa shape index (κ2) is 6.39. The molecule has 0 aliphatic heterocycles. The molecule has 0 radical (unpaired) electrons. The number of anilines is 1. The van der Waals surface area contributed by atoms with Crippen LogP contribution in [0, 0.1) is 0 Å². The van der Waals surface area contributed by atoms with Crippen LogP contribution in [0.4, 0.5) is 5.95 Å². The number of carbonyl (C=O) groups is 1. The first-order valence-corrected chi connectivity index (χ1v) is 5.93. The van der Waals surface area contributed by atoms with Crippen molar-refractivity contribution in [2.45, 2.75) is 6.92 Å². The summed E-state index contributed by atoms with van der Waals surface area (Å²) in [5.74, 6) is 0.832. The first-order valence-electron chi connectivity index (χ1n) is 5.14. The Morgan fingerprint density at radius 2 is 2.35 bits per heavy atom. The predicted octanol–water partition coefficient (Wildman–Crippen LogP) is 0.820.